The van der Waals surface area contributed by atoms with Crippen LogP contribution in [0.3, 0.4) is 0 Å². The highest BCUT2D eigenvalue weighted by Gasteiger charge is 2.27. The summed E-state index contributed by atoms with van der Waals surface area (Å²) in [5.74, 6) is -0.599. The molecule has 0 spiro atoms. The molecule has 0 saturated heterocycles. The fourth-order valence-corrected chi connectivity index (χ4v) is 2.71. The summed E-state index contributed by atoms with van der Waals surface area (Å²) in [6.07, 6.45) is 3.63. The van der Waals surface area contributed by atoms with Gasteiger partial charge in [-0.05, 0) is 37.1 Å². The molecule has 26 heavy (non-hydrogen) atoms. The van der Waals surface area contributed by atoms with Gasteiger partial charge in [0.1, 0.15) is 6.07 Å². The fraction of sp³-hybridized carbons (Fsp3) is 0.158. The Morgan fingerprint density at radius 1 is 1.12 bits per heavy atom. The number of nitriles is 1. The number of carbonyl (C=O) groups is 2. The minimum absolute atomic E-state index is 0.138. The molecule has 4 rings (SSSR count). The number of para-hydroxylation sites is 1. The Labute approximate surface area is 149 Å². The minimum atomic E-state index is -0.470. The first-order valence-corrected chi connectivity index (χ1v) is 8.26. The van der Waals surface area contributed by atoms with Crippen molar-refractivity contribution in [2.24, 2.45) is 0 Å². The number of hydrogen-bond acceptors (Lipinski definition) is 4. The maximum absolute atomic E-state index is 12.7. The number of imidazole rings is 1. The molecule has 1 saturated carbocycles. The second kappa shape index (κ2) is 6.33. The number of carbonyl (C=O) groups excluding carboxylic acids is 2. The smallest absolute Gasteiger partial charge is 0.287 e. The van der Waals surface area contributed by atoms with Crippen molar-refractivity contribution in [3.05, 3.63) is 65.7 Å². The molecule has 7 nitrogen and oxygen atoms in total. The molecule has 0 bridgehead atoms. The lowest BCUT2D eigenvalue weighted by Gasteiger charge is -2.05. The lowest BCUT2D eigenvalue weighted by molar-refractivity contribution is 0.0940. The van der Waals surface area contributed by atoms with Gasteiger partial charge in [-0.3, -0.25) is 14.0 Å². The molecule has 3 aromatic rings. The molecule has 1 aliphatic rings. The average molecular weight is 345 g/mol. The van der Waals surface area contributed by atoms with Crippen LogP contribution in [-0.2, 0) is 0 Å². The molecule has 0 aliphatic heterocycles. The van der Waals surface area contributed by atoms with Gasteiger partial charge in [0.25, 0.3) is 11.8 Å². The van der Waals surface area contributed by atoms with Crippen LogP contribution in [-0.4, -0.2) is 27.2 Å². The second-order valence-corrected chi connectivity index (χ2v) is 6.10. The number of fused-ring (bicyclic) bond motifs is 1. The predicted octanol–water partition coefficient (Wildman–Crippen LogP) is 2.35. The highest BCUT2D eigenvalue weighted by molar-refractivity contribution is 6.09. The largest absolute Gasteiger partial charge is 0.347 e. The van der Waals surface area contributed by atoms with Crippen molar-refractivity contribution in [2.75, 3.05) is 5.32 Å². The number of amides is 2. The minimum Gasteiger partial charge on any atom is -0.347 e. The molecule has 2 N–H and O–H groups in total. The van der Waals surface area contributed by atoms with E-state index in [0.29, 0.717) is 16.8 Å². The van der Waals surface area contributed by atoms with E-state index in [1.54, 1.807) is 53.1 Å². The third-order valence-corrected chi connectivity index (χ3v) is 4.17. The van der Waals surface area contributed by atoms with Gasteiger partial charge in [-0.15, -0.1) is 0 Å². The lowest BCUT2D eigenvalue weighted by atomic mass is 10.2. The van der Waals surface area contributed by atoms with E-state index >= 15 is 0 Å². The summed E-state index contributed by atoms with van der Waals surface area (Å²) in [5.41, 5.74) is 1.43. The molecule has 7 heteroatoms. The number of nitrogens with one attached hydrogen (secondary N) is 2. The quantitative estimate of drug-likeness (QED) is 0.758. The van der Waals surface area contributed by atoms with Crippen LogP contribution in [0, 0.1) is 11.3 Å². The number of rotatable bonds is 4. The number of benzene rings is 1. The summed E-state index contributed by atoms with van der Waals surface area (Å²) < 4.78 is 1.60. The van der Waals surface area contributed by atoms with Crippen LogP contribution in [0.25, 0.3) is 5.52 Å². The standard InChI is InChI=1S/C19H15N5O2/c20-11-12-5-1-2-6-14(12)22-18(25)16-15-7-3-4-10-24(15)17(23-16)19(26)21-13-8-9-13/h1-7,10,13H,8-9H2,(H,21,26)(H,22,25). The number of hydrogen-bond donors (Lipinski definition) is 2. The van der Waals surface area contributed by atoms with Gasteiger partial charge >= 0.3 is 0 Å². The molecular weight excluding hydrogens is 330 g/mol. The highest BCUT2D eigenvalue weighted by Crippen LogP contribution is 2.21. The van der Waals surface area contributed by atoms with Crippen molar-refractivity contribution in [1.29, 1.82) is 5.26 Å². The summed E-state index contributed by atoms with van der Waals surface area (Å²) in [5, 5.41) is 14.8. The Balaban J connectivity index is 1.70. The summed E-state index contributed by atoms with van der Waals surface area (Å²) in [7, 11) is 0. The van der Waals surface area contributed by atoms with Gasteiger partial charge in [0, 0.05) is 12.2 Å². The van der Waals surface area contributed by atoms with E-state index in [0.717, 1.165) is 12.8 Å². The van der Waals surface area contributed by atoms with Crippen LogP contribution in [0.5, 0.6) is 0 Å². The zero-order valence-electron chi connectivity index (χ0n) is 13.8. The van der Waals surface area contributed by atoms with Gasteiger partial charge in [0.2, 0.25) is 5.82 Å². The summed E-state index contributed by atoms with van der Waals surface area (Å²) >= 11 is 0. The maximum Gasteiger partial charge on any atom is 0.287 e. The lowest BCUT2D eigenvalue weighted by Crippen LogP contribution is -2.27. The normalized spacial score (nSPS) is 13.2. The van der Waals surface area contributed by atoms with Crippen LogP contribution in [0.1, 0.15) is 39.5 Å². The van der Waals surface area contributed by atoms with E-state index in [4.69, 9.17) is 5.26 Å². The predicted molar refractivity (Wildman–Crippen MR) is 94.8 cm³/mol. The number of nitrogens with zero attached hydrogens (tertiary/aromatic N) is 3. The molecule has 0 atom stereocenters. The van der Waals surface area contributed by atoms with Crippen molar-refractivity contribution in [3.63, 3.8) is 0 Å². The Bertz CT molecular complexity index is 1060. The molecule has 0 radical (unpaired) electrons. The molecule has 0 unspecified atom stereocenters. The third kappa shape index (κ3) is 2.89. The van der Waals surface area contributed by atoms with Gasteiger partial charge in [0.15, 0.2) is 5.69 Å². The molecule has 128 valence electrons. The monoisotopic (exact) mass is 345 g/mol. The van der Waals surface area contributed by atoms with Crippen molar-refractivity contribution in [3.8, 4) is 6.07 Å². The molecule has 2 aromatic heterocycles. The van der Waals surface area contributed by atoms with E-state index in [9.17, 15) is 9.59 Å². The van der Waals surface area contributed by atoms with Crippen molar-refractivity contribution < 1.29 is 9.59 Å². The molecule has 2 amide bonds. The first kappa shape index (κ1) is 15.8. The van der Waals surface area contributed by atoms with Crippen LogP contribution < -0.4 is 10.6 Å². The molecule has 2 heterocycles. The Morgan fingerprint density at radius 2 is 1.88 bits per heavy atom. The summed E-state index contributed by atoms with van der Waals surface area (Å²) in [6.45, 7) is 0. The van der Waals surface area contributed by atoms with Crippen LogP contribution in [0.4, 0.5) is 5.69 Å². The molecular formula is C19H15N5O2. The Morgan fingerprint density at radius 3 is 2.65 bits per heavy atom. The molecule has 1 aliphatic carbocycles. The zero-order chi connectivity index (χ0) is 18.1. The van der Waals surface area contributed by atoms with E-state index in [2.05, 4.69) is 15.6 Å². The Kier molecular flexibility index (Phi) is 3.86. The maximum atomic E-state index is 12.7. The van der Waals surface area contributed by atoms with E-state index < -0.39 is 5.91 Å². The first-order chi connectivity index (χ1) is 12.7. The average Bonchev–Trinajstić information content (AvgIpc) is 3.38. The molecule has 1 fully saturated rings. The van der Waals surface area contributed by atoms with Crippen LogP contribution in [0.2, 0.25) is 0 Å². The number of anilines is 1. The summed E-state index contributed by atoms with van der Waals surface area (Å²) in [4.78, 5) is 29.5. The van der Waals surface area contributed by atoms with Gasteiger partial charge < -0.3 is 10.6 Å². The third-order valence-electron chi connectivity index (χ3n) is 4.17. The van der Waals surface area contributed by atoms with Gasteiger partial charge in [-0.2, -0.15) is 5.26 Å². The van der Waals surface area contributed by atoms with Crippen LogP contribution in [0.15, 0.2) is 48.7 Å². The van der Waals surface area contributed by atoms with Crippen molar-refractivity contribution in [1.82, 2.24) is 14.7 Å². The van der Waals surface area contributed by atoms with E-state index in [-0.39, 0.29) is 23.5 Å². The first-order valence-electron chi connectivity index (χ1n) is 8.26. The van der Waals surface area contributed by atoms with Gasteiger partial charge in [-0.25, -0.2) is 4.98 Å². The summed E-state index contributed by atoms with van der Waals surface area (Å²) in [6, 6.07) is 14.2. The van der Waals surface area contributed by atoms with Crippen LogP contribution >= 0.6 is 0 Å². The van der Waals surface area contributed by atoms with Gasteiger partial charge in [0.05, 0.1) is 16.8 Å². The van der Waals surface area contributed by atoms with E-state index in [1.807, 2.05) is 6.07 Å². The Hall–Kier alpha value is -3.66. The topological polar surface area (TPSA) is 99.3 Å². The van der Waals surface area contributed by atoms with E-state index in [1.165, 1.54) is 0 Å². The second-order valence-electron chi connectivity index (χ2n) is 6.10. The number of aromatic nitrogens is 2. The molecule has 1 aromatic carbocycles. The highest BCUT2D eigenvalue weighted by atomic mass is 16.2. The van der Waals surface area contributed by atoms with Gasteiger partial charge in [-0.1, -0.05) is 18.2 Å². The fourth-order valence-electron chi connectivity index (χ4n) is 2.71. The van der Waals surface area contributed by atoms with Crippen molar-refractivity contribution >= 4 is 23.0 Å². The zero-order valence-corrected chi connectivity index (χ0v) is 13.8. The SMILES string of the molecule is N#Cc1ccccc1NC(=O)c1nc(C(=O)NC2CC2)n2ccccc12. The number of pyridine rings is 1. The van der Waals surface area contributed by atoms with Crippen molar-refractivity contribution in [2.45, 2.75) is 18.9 Å².